The summed E-state index contributed by atoms with van der Waals surface area (Å²) < 4.78 is 0.595. The third-order valence-electron chi connectivity index (χ3n) is 4.88. The van der Waals surface area contributed by atoms with E-state index in [9.17, 15) is 14.8 Å². The number of hydrogen-bond donors (Lipinski definition) is 1. The third-order valence-corrected chi connectivity index (χ3v) is 4.88. The highest BCUT2D eigenvalue weighted by atomic mass is 16.5. The minimum absolute atomic E-state index is 0.00824. The van der Waals surface area contributed by atoms with Crippen molar-refractivity contribution in [3.63, 3.8) is 0 Å². The molecule has 0 aliphatic heterocycles. The Kier molecular flexibility index (Phi) is 5.21. The Hall–Kier alpha value is -3.21. The van der Waals surface area contributed by atoms with Crippen LogP contribution < -0.4 is 4.73 Å². The molecule has 3 aromatic rings. The highest BCUT2D eigenvalue weighted by Gasteiger charge is 2.27. The number of aryl methyl sites for hydroxylation is 1. The molecule has 0 spiro atoms. The summed E-state index contributed by atoms with van der Waals surface area (Å²) in [6, 6.07) is 14.5. The zero-order chi connectivity index (χ0) is 19.6. The Morgan fingerprint density at radius 3 is 2.33 bits per heavy atom. The lowest BCUT2D eigenvalue weighted by Crippen LogP contribution is -2.34. The van der Waals surface area contributed by atoms with Crippen LogP contribution in [-0.4, -0.2) is 16.6 Å². The van der Waals surface area contributed by atoms with Crippen LogP contribution in [0.4, 0.5) is 0 Å². The van der Waals surface area contributed by atoms with Crippen molar-refractivity contribution in [3.8, 4) is 0 Å². The van der Waals surface area contributed by atoms with E-state index < -0.39 is 0 Å². The van der Waals surface area contributed by atoms with Gasteiger partial charge in [-0.15, -0.1) is 0 Å². The Labute approximate surface area is 158 Å². The normalized spacial score (nSPS) is 12.0. The van der Waals surface area contributed by atoms with Crippen LogP contribution in [0.25, 0.3) is 0 Å². The van der Waals surface area contributed by atoms with Crippen LogP contribution in [0.3, 0.4) is 0 Å². The lowest BCUT2D eigenvalue weighted by molar-refractivity contribution is -0.607. The molecule has 2 heterocycles. The molecule has 1 aromatic carbocycles. The Morgan fingerprint density at radius 2 is 1.74 bits per heavy atom. The van der Waals surface area contributed by atoms with Gasteiger partial charge in [-0.3, -0.25) is 9.59 Å². The number of benzene rings is 1. The minimum atomic E-state index is -0.272. The molecule has 1 N–H and O–H groups in total. The average molecular weight is 362 g/mol. The quantitative estimate of drug-likeness (QED) is 0.411. The number of aromatic amines is 1. The molecule has 0 amide bonds. The van der Waals surface area contributed by atoms with Gasteiger partial charge in [0.2, 0.25) is 5.78 Å². The lowest BCUT2D eigenvalue weighted by Gasteiger charge is -2.17. The summed E-state index contributed by atoms with van der Waals surface area (Å²) in [5, 5.41) is 12.0. The third kappa shape index (κ3) is 3.67. The predicted molar refractivity (Wildman–Crippen MR) is 103 cm³/mol. The van der Waals surface area contributed by atoms with Crippen molar-refractivity contribution < 1.29 is 14.3 Å². The number of nitrogens with zero attached hydrogens (tertiary/aromatic N) is 1. The van der Waals surface area contributed by atoms with Crippen molar-refractivity contribution in [3.05, 3.63) is 93.7 Å². The van der Waals surface area contributed by atoms with E-state index in [-0.39, 0.29) is 29.6 Å². The second-order valence-electron chi connectivity index (χ2n) is 6.72. The molecule has 0 unspecified atom stereocenters. The van der Waals surface area contributed by atoms with E-state index in [1.165, 1.54) is 12.3 Å². The Bertz CT molecular complexity index is 990. The van der Waals surface area contributed by atoms with E-state index in [0.29, 0.717) is 10.3 Å². The van der Waals surface area contributed by atoms with E-state index in [1.54, 1.807) is 19.1 Å². The van der Waals surface area contributed by atoms with Gasteiger partial charge in [-0.25, -0.2) is 0 Å². The van der Waals surface area contributed by atoms with Crippen LogP contribution in [0.5, 0.6) is 0 Å². The number of ketones is 2. The van der Waals surface area contributed by atoms with Crippen molar-refractivity contribution in [2.75, 3.05) is 0 Å². The number of carbonyl (C=O) groups is 2. The first-order valence-electron chi connectivity index (χ1n) is 8.86. The summed E-state index contributed by atoms with van der Waals surface area (Å²) in [4.78, 5) is 28.2. The van der Waals surface area contributed by atoms with Gasteiger partial charge in [-0.2, -0.15) is 4.73 Å². The monoisotopic (exact) mass is 362 g/mol. The van der Waals surface area contributed by atoms with Gasteiger partial charge < -0.3 is 10.2 Å². The smallest absolute Gasteiger partial charge is 0.259 e. The molecule has 5 nitrogen and oxygen atoms in total. The first-order chi connectivity index (χ1) is 12.9. The first kappa shape index (κ1) is 18.6. The standard InChI is InChI=1S/C22H22N2O3/c1-14-21(16(3)25)15(2)23-22(14)18(17-9-5-4-6-10-17)13-20(26)19-11-7-8-12-24(19)27/h4-12,18,23H,13H2,1-3H3/t18-/m1/s1. The topological polar surface area (TPSA) is 76.9 Å². The van der Waals surface area contributed by atoms with Crippen molar-refractivity contribution in [1.29, 1.82) is 0 Å². The minimum Gasteiger partial charge on any atom is -0.618 e. The number of H-pyrrole nitrogens is 1. The van der Waals surface area contributed by atoms with E-state index in [0.717, 1.165) is 22.5 Å². The zero-order valence-corrected chi connectivity index (χ0v) is 15.7. The molecule has 27 heavy (non-hydrogen) atoms. The zero-order valence-electron chi connectivity index (χ0n) is 15.7. The molecule has 2 aromatic heterocycles. The van der Waals surface area contributed by atoms with Gasteiger partial charge in [-0.1, -0.05) is 30.3 Å². The summed E-state index contributed by atoms with van der Waals surface area (Å²) in [6.07, 6.45) is 1.46. The molecule has 5 heteroatoms. The molecule has 138 valence electrons. The fourth-order valence-electron chi connectivity index (χ4n) is 3.66. The van der Waals surface area contributed by atoms with Gasteiger partial charge in [0.25, 0.3) is 5.69 Å². The van der Waals surface area contributed by atoms with Crippen LogP contribution in [-0.2, 0) is 0 Å². The highest BCUT2D eigenvalue weighted by molar-refractivity contribution is 5.97. The summed E-state index contributed by atoms with van der Waals surface area (Å²) in [6.45, 7) is 5.30. The number of Topliss-reactive ketones (excluding diaryl/α,β-unsaturated/α-hetero) is 2. The van der Waals surface area contributed by atoms with Gasteiger partial charge in [-0.05, 0) is 38.0 Å². The number of carbonyl (C=O) groups excluding carboxylic acids is 2. The van der Waals surface area contributed by atoms with Gasteiger partial charge in [0, 0.05) is 41.4 Å². The number of hydrogen-bond acceptors (Lipinski definition) is 3. The van der Waals surface area contributed by atoms with Gasteiger partial charge in [0.1, 0.15) is 0 Å². The van der Waals surface area contributed by atoms with E-state index in [2.05, 4.69) is 4.98 Å². The molecule has 0 saturated heterocycles. The van der Waals surface area contributed by atoms with Crippen LogP contribution in [0.15, 0.2) is 54.7 Å². The molecule has 0 saturated carbocycles. The SMILES string of the molecule is CC(=O)c1c(C)[nH]c([C@H](CC(=O)c2cccc[n+]2[O-])c2ccccc2)c1C. The van der Waals surface area contributed by atoms with Crippen LogP contribution in [0, 0.1) is 19.1 Å². The van der Waals surface area contributed by atoms with Gasteiger partial charge >= 0.3 is 0 Å². The Balaban J connectivity index is 2.06. The van der Waals surface area contributed by atoms with E-state index >= 15 is 0 Å². The first-order valence-corrected chi connectivity index (χ1v) is 8.86. The summed E-state index contributed by atoms with van der Waals surface area (Å²) in [7, 11) is 0. The van der Waals surface area contributed by atoms with Crippen LogP contribution in [0.2, 0.25) is 0 Å². The number of rotatable bonds is 6. The number of aromatic nitrogens is 2. The molecular weight excluding hydrogens is 340 g/mol. The highest BCUT2D eigenvalue weighted by Crippen LogP contribution is 2.33. The largest absolute Gasteiger partial charge is 0.618 e. The van der Waals surface area contributed by atoms with Crippen molar-refractivity contribution in [2.45, 2.75) is 33.1 Å². The van der Waals surface area contributed by atoms with Crippen molar-refractivity contribution >= 4 is 11.6 Å². The fourth-order valence-corrected chi connectivity index (χ4v) is 3.66. The lowest BCUT2D eigenvalue weighted by atomic mass is 9.87. The molecule has 3 rings (SSSR count). The summed E-state index contributed by atoms with van der Waals surface area (Å²) in [5.41, 5.74) is 4.22. The molecule has 0 fully saturated rings. The average Bonchev–Trinajstić information content (AvgIpc) is 2.94. The summed E-state index contributed by atoms with van der Waals surface area (Å²) >= 11 is 0. The molecule has 1 atom stereocenters. The van der Waals surface area contributed by atoms with Crippen molar-refractivity contribution in [1.82, 2.24) is 4.98 Å². The maximum absolute atomic E-state index is 12.9. The van der Waals surface area contributed by atoms with Crippen molar-refractivity contribution in [2.24, 2.45) is 0 Å². The Morgan fingerprint density at radius 1 is 1.07 bits per heavy atom. The maximum atomic E-state index is 12.9. The summed E-state index contributed by atoms with van der Waals surface area (Å²) in [5.74, 6) is -0.521. The molecular formula is C22H22N2O3. The van der Waals surface area contributed by atoms with Crippen LogP contribution >= 0.6 is 0 Å². The van der Waals surface area contributed by atoms with Gasteiger partial charge in [0.15, 0.2) is 12.0 Å². The van der Waals surface area contributed by atoms with Crippen LogP contribution in [0.1, 0.15) is 62.6 Å². The van der Waals surface area contributed by atoms with E-state index in [4.69, 9.17) is 0 Å². The second-order valence-corrected chi connectivity index (χ2v) is 6.72. The van der Waals surface area contributed by atoms with Gasteiger partial charge in [0.05, 0.1) is 0 Å². The molecule has 0 aliphatic carbocycles. The second kappa shape index (κ2) is 7.58. The molecule has 0 bridgehead atoms. The molecule has 0 radical (unpaired) electrons. The maximum Gasteiger partial charge on any atom is 0.259 e. The predicted octanol–water partition coefficient (Wildman–Crippen LogP) is 3.87. The number of nitrogens with one attached hydrogen (secondary N) is 1. The number of pyridine rings is 1. The molecule has 0 aliphatic rings. The fraction of sp³-hybridized carbons (Fsp3) is 0.227. The van der Waals surface area contributed by atoms with E-state index in [1.807, 2.05) is 44.2 Å².